The summed E-state index contributed by atoms with van der Waals surface area (Å²) in [4.78, 5) is 4.16. The number of aromatic nitrogens is 3. The zero-order valence-electron chi connectivity index (χ0n) is 8.74. The molecule has 1 saturated carbocycles. The summed E-state index contributed by atoms with van der Waals surface area (Å²) in [6, 6.07) is 0. The van der Waals surface area contributed by atoms with E-state index in [1.54, 1.807) is 6.33 Å². The Bertz CT molecular complexity index is 277. The zero-order chi connectivity index (χ0) is 9.80. The predicted octanol–water partition coefficient (Wildman–Crippen LogP) is 1.09. The van der Waals surface area contributed by atoms with E-state index in [0.717, 1.165) is 24.8 Å². The Balaban J connectivity index is 1.60. The third-order valence-electron chi connectivity index (χ3n) is 3.04. The van der Waals surface area contributed by atoms with Crippen molar-refractivity contribution in [3.63, 3.8) is 0 Å². The first-order valence-corrected chi connectivity index (χ1v) is 5.40. The number of hydrogen-bond donors (Lipinski definition) is 1. The van der Waals surface area contributed by atoms with Crippen LogP contribution in [0, 0.1) is 5.92 Å². The molecular formula is C10H18N4. The fourth-order valence-electron chi connectivity index (χ4n) is 1.77. The molecule has 0 atom stereocenters. The van der Waals surface area contributed by atoms with Gasteiger partial charge in [0.25, 0.3) is 0 Å². The molecule has 0 bridgehead atoms. The summed E-state index contributed by atoms with van der Waals surface area (Å²) in [5, 5.41) is 7.43. The molecule has 0 saturated heterocycles. The second kappa shape index (κ2) is 4.55. The van der Waals surface area contributed by atoms with Crippen LogP contribution in [0.2, 0.25) is 0 Å². The van der Waals surface area contributed by atoms with Gasteiger partial charge in [0.2, 0.25) is 0 Å². The molecule has 4 nitrogen and oxygen atoms in total. The second-order valence-corrected chi connectivity index (χ2v) is 4.06. The average molecular weight is 194 g/mol. The van der Waals surface area contributed by atoms with Gasteiger partial charge in [0, 0.05) is 7.05 Å². The van der Waals surface area contributed by atoms with E-state index in [4.69, 9.17) is 0 Å². The third kappa shape index (κ3) is 2.32. The highest BCUT2D eigenvalue weighted by atomic mass is 15.3. The quantitative estimate of drug-likeness (QED) is 0.714. The van der Waals surface area contributed by atoms with Crippen molar-refractivity contribution in [2.24, 2.45) is 13.0 Å². The Kier molecular flexibility index (Phi) is 3.14. The van der Waals surface area contributed by atoms with Gasteiger partial charge in [-0.15, -0.1) is 0 Å². The van der Waals surface area contributed by atoms with Crippen molar-refractivity contribution >= 4 is 0 Å². The van der Waals surface area contributed by atoms with Gasteiger partial charge in [-0.2, -0.15) is 5.10 Å². The van der Waals surface area contributed by atoms with Crippen molar-refractivity contribution in [1.29, 1.82) is 0 Å². The number of nitrogens with one attached hydrogen (secondary N) is 1. The fraction of sp³-hybridized carbons (Fsp3) is 0.800. The number of hydrogen-bond acceptors (Lipinski definition) is 3. The molecule has 0 amide bonds. The predicted molar refractivity (Wildman–Crippen MR) is 54.7 cm³/mol. The van der Waals surface area contributed by atoms with Gasteiger partial charge < -0.3 is 5.32 Å². The SMILES string of the molecule is Cn1ncnc1CNCCC1CCC1. The van der Waals surface area contributed by atoms with Crippen LogP contribution >= 0.6 is 0 Å². The minimum atomic E-state index is 0.837. The monoisotopic (exact) mass is 194 g/mol. The molecule has 0 aromatic carbocycles. The molecule has 2 rings (SSSR count). The Morgan fingerprint density at radius 2 is 2.43 bits per heavy atom. The van der Waals surface area contributed by atoms with E-state index in [2.05, 4.69) is 15.4 Å². The fourth-order valence-corrected chi connectivity index (χ4v) is 1.77. The molecule has 4 heteroatoms. The van der Waals surface area contributed by atoms with E-state index in [9.17, 15) is 0 Å². The summed E-state index contributed by atoms with van der Waals surface area (Å²) in [6.07, 6.45) is 7.23. The van der Waals surface area contributed by atoms with Crippen molar-refractivity contribution in [3.05, 3.63) is 12.2 Å². The van der Waals surface area contributed by atoms with E-state index in [1.807, 2.05) is 11.7 Å². The Morgan fingerprint density at radius 3 is 3.00 bits per heavy atom. The van der Waals surface area contributed by atoms with Crippen LogP contribution < -0.4 is 5.32 Å². The van der Waals surface area contributed by atoms with Crippen LogP contribution in [0.1, 0.15) is 31.5 Å². The first kappa shape index (κ1) is 9.65. The summed E-state index contributed by atoms with van der Waals surface area (Å²) in [7, 11) is 1.93. The average Bonchev–Trinajstić information content (AvgIpc) is 2.48. The lowest BCUT2D eigenvalue weighted by molar-refractivity contribution is 0.291. The van der Waals surface area contributed by atoms with Crippen LogP contribution in [0.5, 0.6) is 0 Å². The molecule has 0 unspecified atom stereocenters. The smallest absolute Gasteiger partial charge is 0.140 e. The van der Waals surface area contributed by atoms with Crippen LogP contribution in [-0.2, 0) is 13.6 Å². The maximum atomic E-state index is 4.16. The van der Waals surface area contributed by atoms with Gasteiger partial charge in [-0.1, -0.05) is 19.3 Å². The van der Waals surface area contributed by atoms with Crippen LogP contribution in [0.15, 0.2) is 6.33 Å². The molecule has 1 aliphatic rings. The second-order valence-electron chi connectivity index (χ2n) is 4.06. The van der Waals surface area contributed by atoms with Crippen molar-refractivity contribution in [2.75, 3.05) is 6.54 Å². The molecule has 1 aromatic rings. The highest BCUT2D eigenvalue weighted by Crippen LogP contribution is 2.28. The van der Waals surface area contributed by atoms with Crippen LogP contribution in [0.25, 0.3) is 0 Å². The highest BCUT2D eigenvalue weighted by molar-refractivity contribution is 4.82. The van der Waals surface area contributed by atoms with Crippen LogP contribution in [0.4, 0.5) is 0 Å². The van der Waals surface area contributed by atoms with Gasteiger partial charge in [0.1, 0.15) is 12.2 Å². The molecular weight excluding hydrogens is 176 g/mol. The maximum absolute atomic E-state index is 4.16. The Hall–Kier alpha value is -0.900. The van der Waals surface area contributed by atoms with Crippen LogP contribution in [0.3, 0.4) is 0 Å². The lowest BCUT2D eigenvalue weighted by Gasteiger charge is -2.25. The van der Waals surface area contributed by atoms with Crippen molar-refractivity contribution in [1.82, 2.24) is 20.1 Å². The lowest BCUT2D eigenvalue weighted by atomic mass is 9.83. The van der Waals surface area contributed by atoms with E-state index in [-0.39, 0.29) is 0 Å². The molecule has 0 aliphatic heterocycles. The van der Waals surface area contributed by atoms with Crippen molar-refractivity contribution in [3.8, 4) is 0 Å². The maximum Gasteiger partial charge on any atom is 0.140 e. The summed E-state index contributed by atoms with van der Waals surface area (Å²) in [5.41, 5.74) is 0. The number of nitrogens with zero attached hydrogens (tertiary/aromatic N) is 3. The number of aryl methyl sites for hydroxylation is 1. The lowest BCUT2D eigenvalue weighted by Crippen LogP contribution is -2.22. The van der Waals surface area contributed by atoms with Gasteiger partial charge in [-0.3, -0.25) is 4.68 Å². The van der Waals surface area contributed by atoms with Gasteiger partial charge in [0.05, 0.1) is 6.54 Å². The van der Waals surface area contributed by atoms with E-state index < -0.39 is 0 Å². The molecule has 1 aliphatic carbocycles. The first-order chi connectivity index (χ1) is 6.86. The summed E-state index contributed by atoms with van der Waals surface area (Å²) < 4.78 is 1.82. The summed E-state index contributed by atoms with van der Waals surface area (Å²) in [6.45, 7) is 1.95. The third-order valence-corrected chi connectivity index (χ3v) is 3.04. The van der Waals surface area contributed by atoms with Crippen molar-refractivity contribution in [2.45, 2.75) is 32.2 Å². The minimum absolute atomic E-state index is 0.837. The van der Waals surface area contributed by atoms with Gasteiger partial charge in [-0.05, 0) is 18.9 Å². The topological polar surface area (TPSA) is 42.7 Å². The molecule has 0 spiro atoms. The minimum Gasteiger partial charge on any atom is -0.310 e. The molecule has 14 heavy (non-hydrogen) atoms. The molecule has 1 N–H and O–H groups in total. The summed E-state index contributed by atoms with van der Waals surface area (Å²) in [5.74, 6) is 2.00. The number of rotatable bonds is 5. The summed E-state index contributed by atoms with van der Waals surface area (Å²) >= 11 is 0. The standard InChI is InChI=1S/C10H18N4/c1-14-10(12-8-13-14)7-11-6-5-9-3-2-4-9/h8-9,11H,2-7H2,1H3. The first-order valence-electron chi connectivity index (χ1n) is 5.40. The zero-order valence-corrected chi connectivity index (χ0v) is 8.74. The largest absolute Gasteiger partial charge is 0.310 e. The normalized spacial score (nSPS) is 16.9. The molecule has 1 aromatic heterocycles. The van der Waals surface area contributed by atoms with Crippen molar-refractivity contribution < 1.29 is 0 Å². The van der Waals surface area contributed by atoms with Gasteiger partial charge in [0.15, 0.2) is 0 Å². The van der Waals surface area contributed by atoms with Gasteiger partial charge >= 0.3 is 0 Å². The van der Waals surface area contributed by atoms with E-state index in [0.29, 0.717) is 0 Å². The van der Waals surface area contributed by atoms with Gasteiger partial charge in [-0.25, -0.2) is 4.98 Å². The molecule has 78 valence electrons. The van der Waals surface area contributed by atoms with E-state index >= 15 is 0 Å². The highest BCUT2D eigenvalue weighted by Gasteiger charge is 2.16. The van der Waals surface area contributed by atoms with E-state index in [1.165, 1.54) is 25.7 Å². The Morgan fingerprint density at radius 1 is 1.57 bits per heavy atom. The van der Waals surface area contributed by atoms with Crippen LogP contribution in [-0.4, -0.2) is 21.3 Å². The molecule has 0 radical (unpaired) electrons. The molecule has 1 fully saturated rings. The molecule has 1 heterocycles. The Labute approximate surface area is 84.7 Å².